The van der Waals surface area contributed by atoms with Gasteiger partial charge in [-0.2, -0.15) is 0 Å². The van der Waals surface area contributed by atoms with Crippen molar-refractivity contribution in [3.05, 3.63) is 54.0 Å². The monoisotopic (exact) mass is 395 g/mol. The molecule has 0 aliphatic rings. The minimum atomic E-state index is -3.78. The Balaban J connectivity index is 1.77. The molecule has 0 unspecified atom stereocenters. The SMILES string of the molecule is C[C@@H](c1cccc(S(N)(=O)=O)c1)N(C)C(=O)NCCCOCc1ccco1. The highest BCUT2D eigenvalue weighted by Crippen LogP contribution is 2.21. The number of nitrogens with one attached hydrogen (secondary N) is 1. The summed E-state index contributed by atoms with van der Waals surface area (Å²) in [5.41, 5.74) is 0.681. The fourth-order valence-electron chi connectivity index (χ4n) is 2.41. The number of carbonyl (C=O) groups excluding carboxylic acids is 1. The molecular formula is C18H25N3O5S. The molecule has 0 aliphatic heterocycles. The summed E-state index contributed by atoms with van der Waals surface area (Å²) in [6.45, 7) is 3.18. The van der Waals surface area contributed by atoms with Crippen LogP contribution in [-0.4, -0.2) is 39.5 Å². The second-order valence-corrected chi connectivity index (χ2v) is 7.68. The molecule has 1 atom stereocenters. The summed E-state index contributed by atoms with van der Waals surface area (Å²) in [4.78, 5) is 13.8. The Hall–Kier alpha value is -2.36. The highest BCUT2D eigenvalue weighted by Gasteiger charge is 2.18. The molecule has 27 heavy (non-hydrogen) atoms. The number of hydrogen-bond donors (Lipinski definition) is 2. The van der Waals surface area contributed by atoms with Crippen molar-refractivity contribution in [2.24, 2.45) is 5.14 Å². The Morgan fingerprint density at radius 3 is 2.78 bits per heavy atom. The normalized spacial score (nSPS) is 12.6. The van der Waals surface area contributed by atoms with Crippen LogP contribution in [-0.2, 0) is 21.4 Å². The molecule has 0 saturated carbocycles. The maximum atomic E-state index is 12.3. The lowest BCUT2D eigenvalue weighted by Gasteiger charge is -2.26. The van der Waals surface area contributed by atoms with Crippen LogP contribution in [0.5, 0.6) is 0 Å². The topological polar surface area (TPSA) is 115 Å². The minimum Gasteiger partial charge on any atom is -0.467 e. The first-order valence-electron chi connectivity index (χ1n) is 8.52. The van der Waals surface area contributed by atoms with Crippen molar-refractivity contribution >= 4 is 16.1 Å². The van der Waals surface area contributed by atoms with E-state index < -0.39 is 10.0 Å². The van der Waals surface area contributed by atoms with Crippen LogP contribution < -0.4 is 10.5 Å². The summed E-state index contributed by atoms with van der Waals surface area (Å²) in [6.07, 6.45) is 2.25. The maximum Gasteiger partial charge on any atom is 0.317 e. The molecule has 1 aromatic carbocycles. The standard InChI is InChI=1S/C18H25N3O5S/c1-14(15-6-3-8-17(12-15)27(19,23)24)21(2)18(22)20-9-5-10-25-13-16-7-4-11-26-16/h3-4,6-8,11-12,14H,5,9-10,13H2,1-2H3,(H,20,22)(H2,19,23,24)/t14-/m0/s1. The molecule has 2 aromatic rings. The van der Waals surface area contributed by atoms with Gasteiger partial charge in [0, 0.05) is 20.2 Å². The number of nitrogens with two attached hydrogens (primary N) is 1. The largest absolute Gasteiger partial charge is 0.467 e. The molecule has 0 fully saturated rings. The van der Waals surface area contributed by atoms with Crippen LogP contribution in [0, 0.1) is 0 Å². The highest BCUT2D eigenvalue weighted by molar-refractivity contribution is 7.89. The molecule has 2 amide bonds. The van der Waals surface area contributed by atoms with E-state index in [4.69, 9.17) is 14.3 Å². The molecule has 148 valence electrons. The van der Waals surface area contributed by atoms with E-state index in [1.807, 2.05) is 13.0 Å². The van der Waals surface area contributed by atoms with Gasteiger partial charge in [0.05, 0.1) is 17.2 Å². The zero-order valence-electron chi connectivity index (χ0n) is 15.4. The molecule has 1 aromatic heterocycles. The predicted octanol–water partition coefficient (Wildman–Crippen LogP) is 2.24. The summed E-state index contributed by atoms with van der Waals surface area (Å²) in [6, 6.07) is 9.33. The number of hydrogen-bond acceptors (Lipinski definition) is 5. The summed E-state index contributed by atoms with van der Waals surface area (Å²) in [5, 5.41) is 7.97. The van der Waals surface area contributed by atoms with Gasteiger partial charge in [0.15, 0.2) is 0 Å². The summed E-state index contributed by atoms with van der Waals surface area (Å²) in [5.74, 6) is 0.759. The maximum absolute atomic E-state index is 12.3. The van der Waals surface area contributed by atoms with Crippen LogP contribution >= 0.6 is 0 Å². The van der Waals surface area contributed by atoms with E-state index in [1.165, 1.54) is 17.0 Å². The van der Waals surface area contributed by atoms with E-state index in [0.717, 1.165) is 5.76 Å². The van der Waals surface area contributed by atoms with E-state index in [9.17, 15) is 13.2 Å². The Morgan fingerprint density at radius 2 is 2.11 bits per heavy atom. The molecular weight excluding hydrogens is 370 g/mol. The molecule has 8 nitrogen and oxygen atoms in total. The first-order chi connectivity index (χ1) is 12.8. The Kier molecular flexibility index (Phi) is 7.40. The van der Waals surface area contributed by atoms with Crippen molar-refractivity contribution in [3.8, 4) is 0 Å². The summed E-state index contributed by atoms with van der Waals surface area (Å²) in [7, 11) is -2.13. The summed E-state index contributed by atoms with van der Waals surface area (Å²) < 4.78 is 33.6. The number of urea groups is 1. The number of primary sulfonamides is 1. The van der Waals surface area contributed by atoms with E-state index in [2.05, 4.69) is 5.32 Å². The van der Waals surface area contributed by atoms with Crippen molar-refractivity contribution in [1.82, 2.24) is 10.2 Å². The van der Waals surface area contributed by atoms with Gasteiger partial charge in [0.25, 0.3) is 0 Å². The Labute approximate surface area is 159 Å². The number of nitrogens with zero attached hydrogens (tertiary/aromatic N) is 1. The fourth-order valence-corrected chi connectivity index (χ4v) is 2.98. The van der Waals surface area contributed by atoms with Crippen LogP contribution in [0.4, 0.5) is 4.79 Å². The molecule has 0 spiro atoms. The van der Waals surface area contributed by atoms with E-state index in [1.54, 1.807) is 31.5 Å². The number of benzene rings is 1. The molecule has 1 heterocycles. The zero-order chi connectivity index (χ0) is 19.9. The van der Waals surface area contributed by atoms with Crippen molar-refractivity contribution < 1.29 is 22.4 Å². The number of rotatable bonds is 9. The molecule has 0 aliphatic carbocycles. The summed E-state index contributed by atoms with van der Waals surface area (Å²) >= 11 is 0. The van der Waals surface area contributed by atoms with E-state index in [0.29, 0.717) is 31.7 Å². The van der Waals surface area contributed by atoms with Gasteiger partial charge in [-0.05, 0) is 43.2 Å². The first kappa shape index (κ1) is 20.9. The third-order valence-electron chi connectivity index (χ3n) is 4.14. The van der Waals surface area contributed by atoms with Crippen LogP contribution in [0.15, 0.2) is 52.0 Å². The van der Waals surface area contributed by atoms with Crippen molar-refractivity contribution in [3.63, 3.8) is 0 Å². The highest BCUT2D eigenvalue weighted by atomic mass is 32.2. The molecule has 2 rings (SSSR count). The lowest BCUT2D eigenvalue weighted by Crippen LogP contribution is -2.39. The van der Waals surface area contributed by atoms with Gasteiger partial charge in [0.1, 0.15) is 12.4 Å². The van der Waals surface area contributed by atoms with Gasteiger partial charge >= 0.3 is 6.03 Å². The minimum absolute atomic E-state index is 0.0226. The molecule has 3 N–H and O–H groups in total. The number of carbonyl (C=O) groups is 1. The smallest absolute Gasteiger partial charge is 0.317 e. The van der Waals surface area contributed by atoms with Crippen LogP contribution in [0.2, 0.25) is 0 Å². The van der Waals surface area contributed by atoms with E-state index in [-0.39, 0.29) is 17.0 Å². The van der Waals surface area contributed by atoms with Crippen molar-refractivity contribution in [2.75, 3.05) is 20.2 Å². The lowest BCUT2D eigenvalue weighted by atomic mass is 10.1. The third-order valence-corrected chi connectivity index (χ3v) is 5.05. The van der Waals surface area contributed by atoms with Crippen molar-refractivity contribution in [2.45, 2.75) is 30.9 Å². The Morgan fingerprint density at radius 1 is 1.33 bits per heavy atom. The molecule has 0 radical (unpaired) electrons. The van der Waals surface area contributed by atoms with Crippen LogP contribution in [0.1, 0.15) is 30.7 Å². The average Bonchev–Trinajstić information content (AvgIpc) is 3.16. The number of ether oxygens (including phenoxy) is 1. The van der Waals surface area contributed by atoms with Gasteiger partial charge in [-0.1, -0.05) is 12.1 Å². The fraction of sp³-hybridized carbons (Fsp3) is 0.389. The lowest BCUT2D eigenvalue weighted by molar-refractivity contribution is 0.104. The van der Waals surface area contributed by atoms with Crippen LogP contribution in [0.25, 0.3) is 0 Å². The quantitative estimate of drug-likeness (QED) is 0.632. The Bertz CT molecular complexity index is 836. The predicted molar refractivity (Wildman–Crippen MR) is 100 cm³/mol. The number of amides is 2. The third kappa shape index (κ3) is 6.38. The van der Waals surface area contributed by atoms with E-state index >= 15 is 0 Å². The second-order valence-electron chi connectivity index (χ2n) is 6.12. The van der Waals surface area contributed by atoms with Gasteiger partial charge in [-0.15, -0.1) is 0 Å². The first-order valence-corrected chi connectivity index (χ1v) is 10.1. The van der Waals surface area contributed by atoms with Gasteiger partial charge < -0.3 is 19.4 Å². The number of sulfonamides is 1. The molecule has 9 heteroatoms. The van der Waals surface area contributed by atoms with Gasteiger partial charge in [-0.3, -0.25) is 0 Å². The molecule has 0 saturated heterocycles. The van der Waals surface area contributed by atoms with Crippen LogP contribution in [0.3, 0.4) is 0 Å². The molecule has 0 bridgehead atoms. The average molecular weight is 395 g/mol. The second kappa shape index (κ2) is 9.54. The number of furan rings is 1. The zero-order valence-corrected chi connectivity index (χ0v) is 16.2. The van der Waals surface area contributed by atoms with Crippen molar-refractivity contribution in [1.29, 1.82) is 0 Å². The van der Waals surface area contributed by atoms with Gasteiger partial charge in [0.2, 0.25) is 10.0 Å². The van der Waals surface area contributed by atoms with Gasteiger partial charge in [-0.25, -0.2) is 18.4 Å².